The fraction of sp³-hybridized carbons (Fsp3) is 0.481. The molecule has 1 saturated carbocycles. The Morgan fingerprint density at radius 2 is 1.79 bits per heavy atom. The molecule has 208 valence electrons. The van der Waals surface area contributed by atoms with Crippen LogP contribution in [-0.2, 0) is 26.2 Å². The maximum absolute atomic E-state index is 13.8. The third-order valence-electron chi connectivity index (χ3n) is 6.69. The van der Waals surface area contributed by atoms with Crippen molar-refractivity contribution in [3.63, 3.8) is 0 Å². The first-order valence-corrected chi connectivity index (χ1v) is 15.3. The van der Waals surface area contributed by atoms with Crippen molar-refractivity contribution in [2.45, 2.75) is 64.1 Å². The van der Waals surface area contributed by atoms with Crippen LogP contribution in [0.2, 0.25) is 10.0 Å². The number of carbonyl (C=O) groups excluding carboxylic acids is 2. The van der Waals surface area contributed by atoms with Crippen molar-refractivity contribution in [2.75, 3.05) is 24.2 Å². The van der Waals surface area contributed by atoms with Crippen LogP contribution in [0.1, 0.15) is 51.0 Å². The maximum Gasteiger partial charge on any atom is 0.244 e. The van der Waals surface area contributed by atoms with E-state index in [9.17, 15) is 18.0 Å². The molecule has 38 heavy (non-hydrogen) atoms. The first-order valence-electron chi connectivity index (χ1n) is 12.7. The van der Waals surface area contributed by atoms with Gasteiger partial charge in [0, 0.05) is 12.6 Å². The van der Waals surface area contributed by atoms with Crippen LogP contribution in [0.15, 0.2) is 42.5 Å². The van der Waals surface area contributed by atoms with Crippen molar-refractivity contribution >= 4 is 50.7 Å². The second-order valence-corrected chi connectivity index (χ2v) is 12.2. The van der Waals surface area contributed by atoms with Crippen molar-refractivity contribution in [2.24, 2.45) is 0 Å². The summed E-state index contributed by atoms with van der Waals surface area (Å²) in [5.74, 6) is -0.144. The first-order chi connectivity index (χ1) is 18.0. The summed E-state index contributed by atoms with van der Waals surface area (Å²) in [5, 5.41) is 3.55. The molecular formula is C27H35Cl2N3O5S. The Morgan fingerprint density at radius 1 is 1.08 bits per heavy atom. The molecule has 0 unspecified atom stereocenters. The number of nitrogens with zero attached hydrogens (tertiary/aromatic N) is 2. The summed E-state index contributed by atoms with van der Waals surface area (Å²) in [6.07, 6.45) is 6.46. The van der Waals surface area contributed by atoms with Crippen LogP contribution in [0.25, 0.3) is 0 Å². The van der Waals surface area contributed by atoms with Crippen molar-refractivity contribution in [1.29, 1.82) is 0 Å². The number of nitrogens with one attached hydrogen (secondary N) is 1. The molecule has 0 saturated heterocycles. The minimum atomic E-state index is -3.87. The van der Waals surface area contributed by atoms with Gasteiger partial charge in [0.15, 0.2) is 0 Å². The van der Waals surface area contributed by atoms with Crippen molar-refractivity contribution < 1.29 is 22.7 Å². The molecule has 0 aromatic heterocycles. The van der Waals surface area contributed by atoms with Gasteiger partial charge in [0.2, 0.25) is 21.8 Å². The third-order valence-corrected chi connectivity index (χ3v) is 8.57. The molecule has 11 heteroatoms. The zero-order valence-corrected chi connectivity index (χ0v) is 24.3. The predicted molar refractivity (Wildman–Crippen MR) is 151 cm³/mol. The molecule has 2 amide bonds. The van der Waals surface area contributed by atoms with E-state index in [4.69, 9.17) is 27.9 Å². The van der Waals surface area contributed by atoms with Gasteiger partial charge in [-0.2, -0.15) is 0 Å². The molecule has 0 spiro atoms. The molecule has 2 aromatic carbocycles. The molecule has 1 aliphatic rings. The highest BCUT2D eigenvalue weighted by Gasteiger charge is 2.33. The molecule has 1 aliphatic carbocycles. The average Bonchev–Trinajstić information content (AvgIpc) is 2.88. The Bertz CT molecular complexity index is 1230. The Labute approximate surface area is 235 Å². The highest BCUT2D eigenvalue weighted by atomic mass is 35.5. The van der Waals surface area contributed by atoms with Crippen LogP contribution < -0.4 is 14.4 Å². The quantitative estimate of drug-likeness (QED) is 0.400. The van der Waals surface area contributed by atoms with Crippen LogP contribution in [0, 0.1) is 0 Å². The molecule has 2 aromatic rings. The summed E-state index contributed by atoms with van der Waals surface area (Å²) in [6.45, 7) is 1.43. The topological polar surface area (TPSA) is 96.0 Å². The van der Waals surface area contributed by atoms with Gasteiger partial charge < -0.3 is 15.0 Å². The van der Waals surface area contributed by atoms with E-state index in [-0.39, 0.29) is 34.2 Å². The smallest absolute Gasteiger partial charge is 0.244 e. The average molecular weight is 585 g/mol. The monoisotopic (exact) mass is 583 g/mol. The highest BCUT2D eigenvalue weighted by Crippen LogP contribution is 2.29. The highest BCUT2D eigenvalue weighted by molar-refractivity contribution is 7.92. The zero-order valence-electron chi connectivity index (χ0n) is 22.0. The van der Waals surface area contributed by atoms with E-state index >= 15 is 0 Å². The molecule has 8 nitrogen and oxygen atoms in total. The predicted octanol–water partition coefficient (Wildman–Crippen LogP) is 5.02. The Kier molecular flexibility index (Phi) is 10.7. The molecular weight excluding hydrogens is 549 g/mol. The van der Waals surface area contributed by atoms with E-state index in [1.807, 2.05) is 13.0 Å². The van der Waals surface area contributed by atoms with E-state index < -0.39 is 28.5 Å². The molecule has 1 atom stereocenters. The number of benzene rings is 2. The summed E-state index contributed by atoms with van der Waals surface area (Å²) in [6, 6.07) is 10.9. The van der Waals surface area contributed by atoms with Crippen LogP contribution in [0.5, 0.6) is 5.75 Å². The number of carbonyl (C=O) groups is 2. The van der Waals surface area contributed by atoms with Crippen LogP contribution in [0.3, 0.4) is 0 Å². The van der Waals surface area contributed by atoms with E-state index in [1.54, 1.807) is 25.3 Å². The fourth-order valence-corrected chi connectivity index (χ4v) is 5.82. The summed E-state index contributed by atoms with van der Waals surface area (Å²) in [7, 11) is -2.32. The SMILES string of the molecule is CC[C@@H](C(=O)NC1CCCCC1)N(Cc1cccc(OC)c1)C(=O)CN(c1ccc(Cl)c(Cl)c1)S(C)(=O)=O. The zero-order chi connectivity index (χ0) is 27.9. The summed E-state index contributed by atoms with van der Waals surface area (Å²) >= 11 is 12.2. The summed E-state index contributed by atoms with van der Waals surface area (Å²) < 4.78 is 31.8. The number of hydrogen-bond acceptors (Lipinski definition) is 5. The third kappa shape index (κ3) is 8.01. The minimum Gasteiger partial charge on any atom is -0.497 e. The second-order valence-electron chi connectivity index (χ2n) is 9.51. The number of ether oxygens (including phenoxy) is 1. The number of rotatable bonds is 11. The van der Waals surface area contributed by atoms with E-state index in [2.05, 4.69) is 5.32 Å². The largest absolute Gasteiger partial charge is 0.497 e. The second kappa shape index (κ2) is 13.5. The molecule has 0 bridgehead atoms. The van der Waals surface area contributed by atoms with Gasteiger partial charge in [-0.05, 0) is 55.2 Å². The Hall–Kier alpha value is -2.49. The summed E-state index contributed by atoms with van der Waals surface area (Å²) in [4.78, 5) is 28.7. The van der Waals surface area contributed by atoms with Gasteiger partial charge in [0.25, 0.3) is 0 Å². The number of amides is 2. The van der Waals surface area contributed by atoms with Gasteiger partial charge >= 0.3 is 0 Å². The maximum atomic E-state index is 13.8. The Balaban J connectivity index is 1.94. The summed E-state index contributed by atoms with van der Waals surface area (Å²) in [5.41, 5.74) is 0.957. The lowest BCUT2D eigenvalue weighted by molar-refractivity contribution is -0.140. The molecule has 0 aliphatic heterocycles. The Morgan fingerprint density at radius 3 is 2.39 bits per heavy atom. The lowest BCUT2D eigenvalue weighted by Gasteiger charge is -2.34. The van der Waals surface area contributed by atoms with Gasteiger partial charge in [0.05, 0.1) is 29.1 Å². The van der Waals surface area contributed by atoms with Crippen LogP contribution in [0.4, 0.5) is 5.69 Å². The van der Waals surface area contributed by atoms with Gasteiger partial charge in [-0.15, -0.1) is 0 Å². The van der Waals surface area contributed by atoms with Crippen molar-refractivity contribution in [3.8, 4) is 5.75 Å². The van der Waals surface area contributed by atoms with Gasteiger partial charge in [0.1, 0.15) is 18.3 Å². The molecule has 3 rings (SSSR count). The first kappa shape index (κ1) is 30.1. The lowest BCUT2D eigenvalue weighted by atomic mass is 9.95. The van der Waals surface area contributed by atoms with Crippen molar-refractivity contribution in [1.82, 2.24) is 10.2 Å². The van der Waals surface area contributed by atoms with Crippen LogP contribution >= 0.6 is 23.2 Å². The molecule has 0 heterocycles. The van der Waals surface area contributed by atoms with Crippen LogP contribution in [-0.4, -0.2) is 57.1 Å². The van der Waals surface area contributed by atoms with Crippen molar-refractivity contribution in [3.05, 3.63) is 58.1 Å². The molecule has 0 radical (unpaired) electrons. The standard InChI is InChI=1S/C27H35Cl2N3O5S/c1-4-25(27(34)30-20-10-6-5-7-11-20)31(17-19-9-8-12-22(15-19)37-2)26(33)18-32(38(3,35)36)21-13-14-23(28)24(29)16-21/h8-9,12-16,20,25H,4-7,10-11,17-18H2,1-3H3,(H,30,34)/t25-/m0/s1. The molecule has 1 fully saturated rings. The number of hydrogen-bond donors (Lipinski definition) is 1. The van der Waals surface area contributed by atoms with E-state index in [0.29, 0.717) is 12.2 Å². The van der Waals surface area contributed by atoms with Gasteiger partial charge in [-0.3, -0.25) is 13.9 Å². The normalized spacial score (nSPS) is 15.0. The number of anilines is 1. The van der Waals surface area contributed by atoms with Gasteiger partial charge in [-0.1, -0.05) is 61.5 Å². The number of halogens is 2. The van der Waals surface area contributed by atoms with E-state index in [0.717, 1.165) is 48.2 Å². The number of methoxy groups -OCH3 is 1. The fourth-order valence-electron chi connectivity index (χ4n) is 4.69. The van der Waals surface area contributed by atoms with Gasteiger partial charge in [-0.25, -0.2) is 8.42 Å². The lowest BCUT2D eigenvalue weighted by Crippen LogP contribution is -2.53. The number of sulfonamides is 1. The van der Waals surface area contributed by atoms with E-state index in [1.165, 1.54) is 23.1 Å². The molecule has 1 N–H and O–H groups in total. The minimum absolute atomic E-state index is 0.0720.